The second-order valence-electron chi connectivity index (χ2n) is 8.11. The molecule has 9 nitrogen and oxygen atoms in total. The number of likely N-dealkylation sites (tertiary alicyclic amines) is 1. The van der Waals surface area contributed by atoms with Gasteiger partial charge in [-0.2, -0.15) is 0 Å². The molecule has 0 radical (unpaired) electrons. The van der Waals surface area contributed by atoms with Crippen molar-refractivity contribution in [3.05, 3.63) is 12.2 Å². The molecule has 0 N–H and O–H groups in total. The quantitative estimate of drug-likeness (QED) is 0.420. The molecule has 2 aliphatic rings. The van der Waals surface area contributed by atoms with Gasteiger partial charge in [-0.05, 0) is 13.0 Å². The fourth-order valence-electron chi connectivity index (χ4n) is 4.99. The smallest absolute Gasteiger partial charge is 0.186 e. The summed E-state index contributed by atoms with van der Waals surface area (Å²) >= 11 is 0. The number of hydrogen-bond donors (Lipinski definition) is 0. The van der Waals surface area contributed by atoms with Crippen LogP contribution in [0.5, 0.6) is 0 Å². The average molecular weight is 432 g/mol. The van der Waals surface area contributed by atoms with Gasteiger partial charge < -0.3 is 33.2 Å². The summed E-state index contributed by atoms with van der Waals surface area (Å²) in [4.78, 5) is 14.6. The molecule has 2 aliphatic heterocycles. The molecule has 0 amide bonds. The fraction of sp³-hybridized carbons (Fsp3) is 0.857. The second kappa shape index (κ2) is 11.1. The Hall–Kier alpha value is -0.910. The largest absolute Gasteiger partial charge is 0.383 e. The first-order valence-corrected chi connectivity index (χ1v) is 10.1. The Kier molecular flexibility index (Phi) is 9.38. The van der Waals surface area contributed by atoms with Crippen LogP contribution in [0.1, 0.15) is 19.8 Å². The number of ketones is 1. The lowest BCUT2D eigenvalue weighted by Crippen LogP contribution is -2.75. The van der Waals surface area contributed by atoms with Gasteiger partial charge in [0.25, 0.3) is 0 Å². The van der Waals surface area contributed by atoms with Crippen LogP contribution in [0.3, 0.4) is 0 Å². The topological polar surface area (TPSA) is 84.9 Å². The SMILES string of the molecule is C/C=C/C(=O)C1COC2(CC(COC)(COC)N(COC)C(COC)(COC)C2)O1. The first-order chi connectivity index (χ1) is 14.4. The molecule has 2 heterocycles. The highest BCUT2D eigenvalue weighted by Gasteiger charge is 2.63. The predicted molar refractivity (Wildman–Crippen MR) is 109 cm³/mol. The standard InChI is InChI=1S/C21H37NO8/c1-7-8-17(23)18-9-29-21(30-18)10-19(12-24-2,13-25-3)22(16-28-6)20(11-21,14-26-4)15-27-5/h7-8,18H,9-16H2,1-6H3/b8-7+. The van der Waals surface area contributed by atoms with E-state index in [0.717, 1.165) is 0 Å². The third-order valence-corrected chi connectivity index (χ3v) is 5.76. The van der Waals surface area contributed by atoms with Gasteiger partial charge in [-0.1, -0.05) is 6.08 Å². The molecule has 1 atom stereocenters. The summed E-state index contributed by atoms with van der Waals surface area (Å²) < 4.78 is 40.6. The van der Waals surface area contributed by atoms with E-state index in [4.69, 9.17) is 33.2 Å². The van der Waals surface area contributed by atoms with Crippen molar-refractivity contribution in [1.82, 2.24) is 4.90 Å². The molecule has 0 bridgehead atoms. The van der Waals surface area contributed by atoms with E-state index in [-0.39, 0.29) is 12.4 Å². The number of rotatable bonds is 12. The molecule has 0 aliphatic carbocycles. The van der Waals surface area contributed by atoms with Gasteiger partial charge in [0, 0.05) is 48.4 Å². The maximum atomic E-state index is 12.4. The normalized spacial score (nSPS) is 25.3. The van der Waals surface area contributed by atoms with Crippen LogP contribution < -0.4 is 0 Å². The van der Waals surface area contributed by atoms with Crippen molar-refractivity contribution in [1.29, 1.82) is 0 Å². The van der Waals surface area contributed by atoms with Gasteiger partial charge in [-0.15, -0.1) is 0 Å². The van der Waals surface area contributed by atoms with Crippen molar-refractivity contribution in [3.63, 3.8) is 0 Å². The highest BCUT2D eigenvalue weighted by molar-refractivity contribution is 5.93. The number of hydrogen-bond acceptors (Lipinski definition) is 9. The van der Waals surface area contributed by atoms with Gasteiger partial charge in [-0.3, -0.25) is 9.69 Å². The van der Waals surface area contributed by atoms with E-state index in [1.807, 2.05) is 0 Å². The van der Waals surface area contributed by atoms with E-state index in [0.29, 0.717) is 46.0 Å². The number of carbonyl (C=O) groups excluding carboxylic acids is 1. The number of ether oxygens (including phenoxy) is 7. The molecule has 2 rings (SSSR count). The zero-order chi connectivity index (χ0) is 22.3. The zero-order valence-corrected chi connectivity index (χ0v) is 19.1. The Morgan fingerprint density at radius 1 is 0.933 bits per heavy atom. The number of allylic oxidation sites excluding steroid dienone is 1. The van der Waals surface area contributed by atoms with Crippen molar-refractivity contribution in [2.75, 3.05) is 75.3 Å². The van der Waals surface area contributed by atoms with Gasteiger partial charge in [0.05, 0.1) is 50.8 Å². The lowest BCUT2D eigenvalue weighted by molar-refractivity contribution is -0.290. The first kappa shape index (κ1) is 25.4. The van der Waals surface area contributed by atoms with E-state index in [9.17, 15) is 4.79 Å². The van der Waals surface area contributed by atoms with Crippen molar-refractivity contribution in [3.8, 4) is 0 Å². The summed E-state index contributed by atoms with van der Waals surface area (Å²) in [5, 5.41) is 0. The Morgan fingerprint density at radius 3 is 1.83 bits per heavy atom. The maximum absolute atomic E-state index is 12.4. The Bertz CT molecular complexity index is 543. The third-order valence-electron chi connectivity index (χ3n) is 5.76. The van der Waals surface area contributed by atoms with Crippen LogP contribution in [0.4, 0.5) is 0 Å². The van der Waals surface area contributed by atoms with E-state index in [2.05, 4.69) is 4.90 Å². The summed E-state index contributed by atoms with van der Waals surface area (Å²) in [5.41, 5.74) is -1.29. The highest BCUT2D eigenvalue weighted by Crippen LogP contribution is 2.49. The van der Waals surface area contributed by atoms with Gasteiger partial charge in [0.15, 0.2) is 11.6 Å². The lowest BCUT2D eigenvalue weighted by Gasteiger charge is -2.60. The molecule has 1 spiro atoms. The molecule has 0 aromatic rings. The zero-order valence-electron chi connectivity index (χ0n) is 19.1. The molecule has 9 heteroatoms. The van der Waals surface area contributed by atoms with Crippen LogP contribution in [0.2, 0.25) is 0 Å². The maximum Gasteiger partial charge on any atom is 0.186 e. The van der Waals surface area contributed by atoms with Crippen LogP contribution in [0.25, 0.3) is 0 Å². The highest BCUT2D eigenvalue weighted by atomic mass is 16.7. The molecular weight excluding hydrogens is 394 g/mol. The van der Waals surface area contributed by atoms with Gasteiger partial charge >= 0.3 is 0 Å². The number of nitrogens with zero attached hydrogens (tertiary/aromatic N) is 1. The fourth-order valence-corrected chi connectivity index (χ4v) is 4.99. The predicted octanol–water partition coefficient (Wildman–Crippen LogP) is 1.01. The van der Waals surface area contributed by atoms with E-state index >= 15 is 0 Å². The number of piperidine rings is 1. The van der Waals surface area contributed by atoms with Crippen LogP contribution in [-0.4, -0.2) is 109 Å². The molecule has 0 aromatic heterocycles. The molecule has 2 saturated heterocycles. The monoisotopic (exact) mass is 431 g/mol. The van der Waals surface area contributed by atoms with Gasteiger partial charge in [0.1, 0.15) is 6.10 Å². The van der Waals surface area contributed by atoms with Crippen molar-refractivity contribution < 1.29 is 38.0 Å². The summed E-state index contributed by atoms with van der Waals surface area (Å²) in [5.74, 6) is -1.11. The molecule has 0 saturated carbocycles. The molecule has 0 aromatic carbocycles. The minimum Gasteiger partial charge on any atom is -0.383 e. The second-order valence-corrected chi connectivity index (χ2v) is 8.11. The summed E-state index contributed by atoms with van der Waals surface area (Å²) in [7, 11) is 8.23. The first-order valence-electron chi connectivity index (χ1n) is 10.1. The number of carbonyl (C=O) groups is 1. The molecular formula is C21H37NO8. The van der Waals surface area contributed by atoms with E-state index in [1.165, 1.54) is 6.08 Å². The summed E-state index contributed by atoms with van der Waals surface area (Å²) in [6.07, 6.45) is 3.46. The molecule has 2 fully saturated rings. The minimum atomic E-state index is -1.000. The Labute approximate surface area is 179 Å². The number of methoxy groups -OCH3 is 5. The van der Waals surface area contributed by atoms with Crippen LogP contribution >= 0.6 is 0 Å². The van der Waals surface area contributed by atoms with Gasteiger partial charge in [0.2, 0.25) is 0 Å². The third kappa shape index (κ3) is 5.11. The summed E-state index contributed by atoms with van der Waals surface area (Å²) in [6.45, 7) is 3.71. The molecule has 1 unspecified atom stereocenters. The van der Waals surface area contributed by atoms with Gasteiger partial charge in [-0.25, -0.2) is 0 Å². The Balaban J connectivity index is 2.53. The van der Waals surface area contributed by atoms with Crippen molar-refractivity contribution >= 4 is 5.78 Å². The lowest BCUT2D eigenvalue weighted by atomic mass is 9.73. The molecule has 30 heavy (non-hydrogen) atoms. The van der Waals surface area contributed by atoms with Crippen molar-refractivity contribution in [2.24, 2.45) is 0 Å². The summed E-state index contributed by atoms with van der Waals surface area (Å²) in [6, 6.07) is 0. The van der Waals surface area contributed by atoms with Crippen LogP contribution in [0, 0.1) is 0 Å². The van der Waals surface area contributed by atoms with E-state index < -0.39 is 23.0 Å². The van der Waals surface area contributed by atoms with E-state index in [1.54, 1.807) is 48.5 Å². The average Bonchev–Trinajstić information content (AvgIpc) is 3.09. The molecule has 174 valence electrons. The van der Waals surface area contributed by atoms with Crippen LogP contribution in [0.15, 0.2) is 12.2 Å². The van der Waals surface area contributed by atoms with Crippen molar-refractivity contribution in [2.45, 2.75) is 42.7 Å². The minimum absolute atomic E-state index is 0.109. The Morgan fingerprint density at radius 2 is 1.43 bits per heavy atom. The van der Waals surface area contributed by atoms with Crippen LogP contribution in [-0.2, 0) is 38.0 Å².